The molecule has 0 bridgehead atoms. The molecule has 174 valence electrons. The van der Waals surface area contributed by atoms with Crippen LogP contribution in [0.15, 0.2) is 50.4 Å². The zero-order chi connectivity index (χ0) is 24.3. The largest absolute Gasteiger partial charge is 0.421 e. The van der Waals surface area contributed by atoms with Crippen molar-refractivity contribution in [3.05, 3.63) is 85.4 Å². The van der Waals surface area contributed by atoms with Crippen LogP contribution in [-0.4, -0.2) is 4.57 Å². The van der Waals surface area contributed by atoms with E-state index in [0.29, 0.717) is 16.9 Å². The van der Waals surface area contributed by atoms with Gasteiger partial charge in [-0.05, 0) is 75.4 Å². The van der Waals surface area contributed by atoms with E-state index in [1.807, 2.05) is 26.0 Å². The second-order valence-electron chi connectivity index (χ2n) is 9.09. The summed E-state index contributed by atoms with van der Waals surface area (Å²) >= 11 is 0. The van der Waals surface area contributed by atoms with Crippen molar-refractivity contribution in [2.24, 2.45) is 0 Å². The molecule has 0 aliphatic heterocycles. The second-order valence-corrected chi connectivity index (χ2v) is 9.09. The van der Waals surface area contributed by atoms with Crippen molar-refractivity contribution in [3.8, 4) is 11.1 Å². The van der Waals surface area contributed by atoms with Crippen molar-refractivity contribution >= 4 is 28.0 Å². The highest BCUT2D eigenvalue weighted by molar-refractivity contribution is 6.02. The molecular weight excluding hydrogens is 433 g/mol. The number of nitrogen functional groups attached to an aromatic ring is 1. The third-order valence-electron chi connectivity index (χ3n) is 6.68. The number of nitrogens with zero attached hydrogens (tertiary/aromatic N) is 1. The Bertz CT molecular complexity index is 1600. The van der Waals surface area contributed by atoms with Crippen LogP contribution < -0.4 is 22.2 Å². The number of aryl methyl sites for hydroxylation is 1. The van der Waals surface area contributed by atoms with E-state index in [0.717, 1.165) is 29.5 Å². The molecular formula is C27H26FN3O3. The van der Waals surface area contributed by atoms with Crippen LogP contribution in [0.4, 0.5) is 21.5 Å². The van der Waals surface area contributed by atoms with Gasteiger partial charge in [0.15, 0.2) is 5.58 Å². The molecule has 0 saturated heterocycles. The van der Waals surface area contributed by atoms with Gasteiger partial charge >= 0.3 is 5.63 Å². The minimum absolute atomic E-state index is 0.0770. The summed E-state index contributed by atoms with van der Waals surface area (Å²) in [6, 6.07) is 10.4. The summed E-state index contributed by atoms with van der Waals surface area (Å²) < 4.78 is 22.3. The summed E-state index contributed by atoms with van der Waals surface area (Å²) in [7, 11) is 0. The second kappa shape index (κ2) is 7.87. The quantitative estimate of drug-likeness (QED) is 0.385. The van der Waals surface area contributed by atoms with E-state index in [4.69, 9.17) is 10.2 Å². The highest BCUT2D eigenvalue weighted by Crippen LogP contribution is 2.42. The molecule has 1 fully saturated rings. The lowest BCUT2D eigenvalue weighted by Gasteiger charge is -2.20. The Hall–Kier alpha value is -3.87. The van der Waals surface area contributed by atoms with Gasteiger partial charge in [-0.15, -0.1) is 0 Å². The number of pyridine rings is 1. The van der Waals surface area contributed by atoms with Gasteiger partial charge in [-0.25, -0.2) is 9.18 Å². The average Bonchev–Trinajstić information content (AvgIpc) is 3.61. The lowest BCUT2D eigenvalue weighted by molar-refractivity contribution is 0.552. The number of rotatable bonds is 4. The molecule has 1 aliphatic carbocycles. The number of nitrogens with one attached hydrogen (secondary N) is 1. The van der Waals surface area contributed by atoms with Gasteiger partial charge in [0.25, 0.3) is 5.56 Å². The van der Waals surface area contributed by atoms with Crippen LogP contribution in [0.1, 0.15) is 41.3 Å². The summed E-state index contributed by atoms with van der Waals surface area (Å²) in [6.45, 7) is 7.13. The van der Waals surface area contributed by atoms with Crippen LogP contribution in [0.2, 0.25) is 0 Å². The third kappa shape index (κ3) is 3.39. The highest BCUT2D eigenvalue weighted by Gasteiger charge is 2.31. The first-order valence-electron chi connectivity index (χ1n) is 11.3. The predicted octanol–water partition coefficient (Wildman–Crippen LogP) is 5.66. The molecule has 2 heterocycles. The Morgan fingerprint density at radius 3 is 2.47 bits per heavy atom. The van der Waals surface area contributed by atoms with E-state index in [1.165, 1.54) is 6.07 Å². The van der Waals surface area contributed by atoms with Crippen LogP contribution in [0, 0.1) is 33.5 Å². The molecule has 2 aromatic heterocycles. The highest BCUT2D eigenvalue weighted by atomic mass is 19.1. The Balaban J connectivity index is 1.92. The van der Waals surface area contributed by atoms with Crippen LogP contribution >= 0.6 is 0 Å². The van der Waals surface area contributed by atoms with E-state index in [-0.39, 0.29) is 39.5 Å². The molecule has 0 amide bonds. The molecule has 7 heteroatoms. The molecule has 5 rings (SSSR count). The Labute approximate surface area is 195 Å². The molecule has 2 aromatic carbocycles. The van der Waals surface area contributed by atoms with Crippen molar-refractivity contribution in [1.29, 1.82) is 0 Å². The number of fused-ring (bicyclic) bond motifs is 1. The molecule has 0 unspecified atom stereocenters. The Kier molecular flexibility index (Phi) is 5.08. The maximum atomic E-state index is 14.7. The maximum Gasteiger partial charge on any atom is 0.341 e. The zero-order valence-electron chi connectivity index (χ0n) is 19.6. The van der Waals surface area contributed by atoms with E-state index in [9.17, 15) is 14.0 Å². The van der Waals surface area contributed by atoms with Crippen molar-refractivity contribution in [2.75, 3.05) is 11.1 Å². The minimum Gasteiger partial charge on any atom is -0.421 e. The maximum absolute atomic E-state index is 14.7. The number of hydrogen-bond donors (Lipinski definition) is 2. The summed E-state index contributed by atoms with van der Waals surface area (Å²) in [5, 5.41) is 3.26. The smallest absolute Gasteiger partial charge is 0.341 e. The van der Waals surface area contributed by atoms with E-state index >= 15 is 0 Å². The summed E-state index contributed by atoms with van der Waals surface area (Å²) in [4.78, 5) is 26.8. The van der Waals surface area contributed by atoms with Gasteiger partial charge in [-0.1, -0.05) is 18.2 Å². The first kappa shape index (κ1) is 21.9. The Morgan fingerprint density at radius 1 is 1.06 bits per heavy atom. The molecule has 1 saturated carbocycles. The normalized spacial score (nSPS) is 13.4. The monoisotopic (exact) mass is 459 g/mol. The Morgan fingerprint density at radius 2 is 1.79 bits per heavy atom. The van der Waals surface area contributed by atoms with Gasteiger partial charge in [0, 0.05) is 23.0 Å². The lowest BCUT2D eigenvalue weighted by Crippen LogP contribution is -2.25. The van der Waals surface area contributed by atoms with Crippen molar-refractivity contribution in [3.63, 3.8) is 0 Å². The van der Waals surface area contributed by atoms with Crippen LogP contribution in [0.25, 0.3) is 22.1 Å². The van der Waals surface area contributed by atoms with Gasteiger partial charge in [0.2, 0.25) is 0 Å². The molecule has 34 heavy (non-hydrogen) atoms. The SMILES string of the molecule is Cc1ccc(Nc2c(C)c(=O)oc3c(-c4cccc(N)c4C)c(C)n(C4CC4)c(=O)c23)c(F)c1. The lowest BCUT2D eigenvalue weighted by atomic mass is 9.95. The first-order valence-corrected chi connectivity index (χ1v) is 11.3. The summed E-state index contributed by atoms with van der Waals surface area (Å²) in [6.07, 6.45) is 1.79. The average molecular weight is 460 g/mol. The van der Waals surface area contributed by atoms with Gasteiger partial charge in [-0.3, -0.25) is 4.79 Å². The fourth-order valence-electron chi connectivity index (χ4n) is 4.59. The van der Waals surface area contributed by atoms with Gasteiger partial charge in [0.1, 0.15) is 11.2 Å². The van der Waals surface area contributed by atoms with E-state index < -0.39 is 11.4 Å². The third-order valence-corrected chi connectivity index (χ3v) is 6.68. The standard InChI is InChI=1S/C27H26FN3O3/c1-13-8-11-21(19(28)12-13)30-24-15(3)27(33)34-25-22(18-6-5-7-20(29)14(18)2)16(4)31(17-9-10-17)26(32)23(24)25/h5-8,11-12,17,30H,9-10,29H2,1-4H3. The molecule has 0 radical (unpaired) electrons. The zero-order valence-corrected chi connectivity index (χ0v) is 19.6. The van der Waals surface area contributed by atoms with Gasteiger partial charge < -0.3 is 20.0 Å². The number of benzene rings is 2. The fourth-order valence-corrected chi connectivity index (χ4v) is 4.59. The number of nitrogens with two attached hydrogens (primary N) is 1. The molecule has 0 atom stereocenters. The van der Waals surface area contributed by atoms with Crippen LogP contribution in [0.5, 0.6) is 0 Å². The fraction of sp³-hybridized carbons (Fsp3) is 0.259. The summed E-state index contributed by atoms with van der Waals surface area (Å²) in [5.74, 6) is -0.470. The van der Waals surface area contributed by atoms with Crippen LogP contribution in [0.3, 0.4) is 0 Å². The molecule has 4 aromatic rings. The van der Waals surface area contributed by atoms with Crippen LogP contribution in [-0.2, 0) is 0 Å². The van der Waals surface area contributed by atoms with Crippen molar-refractivity contribution in [2.45, 2.75) is 46.6 Å². The molecule has 3 N–H and O–H groups in total. The number of halogens is 1. The molecule has 6 nitrogen and oxygen atoms in total. The first-order chi connectivity index (χ1) is 16.2. The van der Waals surface area contributed by atoms with Crippen molar-refractivity contribution < 1.29 is 8.81 Å². The molecule has 0 spiro atoms. The molecule has 1 aliphatic rings. The minimum atomic E-state index is -0.590. The topological polar surface area (TPSA) is 90.3 Å². The summed E-state index contributed by atoms with van der Waals surface area (Å²) in [5.41, 5.74) is 10.5. The predicted molar refractivity (Wildman–Crippen MR) is 133 cm³/mol. The van der Waals surface area contributed by atoms with E-state index in [1.54, 1.807) is 36.6 Å². The van der Waals surface area contributed by atoms with Crippen molar-refractivity contribution in [1.82, 2.24) is 4.57 Å². The number of anilines is 3. The van der Waals surface area contributed by atoms with E-state index in [2.05, 4.69) is 5.32 Å². The van der Waals surface area contributed by atoms with Gasteiger partial charge in [-0.2, -0.15) is 0 Å². The number of aromatic nitrogens is 1. The van der Waals surface area contributed by atoms with Gasteiger partial charge in [0.05, 0.1) is 16.9 Å². The number of hydrogen-bond acceptors (Lipinski definition) is 5.